The van der Waals surface area contributed by atoms with Crippen LogP contribution < -0.4 is 0 Å². The summed E-state index contributed by atoms with van der Waals surface area (Å²) in [4.78, 5) is 51.3. The van der Waals surface area contributed by atoms with E-state index in [1.165, 1.54) is 89.9 Å². The Morgan fingerprint density at radius 3 is 1.14 bits per heavy atom. The number of aliphatic hydroxyl groups excluding tert-OH is 2. The maximum absolute atomic E-state index is 13.2. The molecular weight excluding hydrogens is 997 g/mol. The zero-order valence-corrected chi connectivity index (χ0v) is 50.1. The summed E-state index contributed by atoms with van der Waals surface area (Å²) in [5.41, 5.74) is 0. The van der Waals surface area contributed by atoms with Crippen molar-refractivity contribution in [2.75, 3.05) is 13.2 Å². The fourth-order valence-corrected chi connectivity index (χ4v) is 9.28. The van der Waals surface area contributed by atoms with E-state index in [4.69, 9.17) is 23.7 Å². The van der Waals surface area contributed by atoms with Gasteiger partial charge in [0.25, 0.3) is 0 Å². The van der Waals surface area contributed by atoms with Crippen molar-refractivity contribution in [1.82, 2.24) is 0 Å². The minimum atomic E-state index is -1.91. The van der Waals surface area contributed by atoms with E-state index in [0.717, 1.165) is 128 Å². The third-order valence-corrected chi connectivity index (χ3v) is 14.2. The number of carboxylic acid groups (broad SMARTS) is 1. The van der Waals surface area contributed by atoms with E-state index >= 15 is 0 Å². The quantitative estimate of drug-likeness (QED) is 0.0228. The molecule has 1 aliphatic rings. The first-order chi connectivity index (χ1) is 38.6. The molecule has 3 N–H and O–H groups in total. The van der Waals surface area contributed by atoms with Crippen LogP contribution in [-0.2, 0) is 42.9 Å². The second-order valence-corrected chi connectivity index (χ2v) is 21.7. The van der Waals surface area contributed by atoms with Crippen molar-refractivity contribution in [1.29, 1.82) is 0 Å². The molecule has 6 unspecified atom stereocenters. The van der Waals surface area contributed by atoms with Crippen LogP contribution in [0.15, 0.2) is 72.9 Å². The van der Waals surface area contributed by atoms with Gasteiger partial charge in [-0.2, -0.15) is 0 Å². The summed E-state index contributed by atoms with van der Waals surface area (Å²) in [6, 6.07) is 0. The van der Waals surface area contributed by atoms with E-state index in [1.54, 1.807) is 0 Å². The number of allylic oxidation sites excluding steroid dienone is 12. The molecule has 0 amide bonds. The van der Waals surface area contributed by atoms with Crippen molar-refractivity contribution < 1.29 is 58.2 Å². The fourth-order valence-electron chi connectivity index (χ4n) is 9.28. The molecule has 1 fully saturated rings. The molecule has 1 rings (SSSR count). The molecule has 79 heavy (non-hydrogen) atoms. The number of carbonyl (C=O) groups excluding carboxylic acids is 3. The zero-order chi connectivity index (χ0) is 57.5. The lowest BCUT2D eigenvalue weighted by atomic mass is 9.98. The van der Waals surface area contributed by atoms with Crippen LogP contribution in [0.5, 0.6) is 0 Å². The summed E-state index contributed by atoms with van der Waals surface area (Å²) in [5, 5.41) is 31.6. The van der Waals surface area contributed by atoms with Crippen molar-refractivity contribution in [2.45, 2.75) is 314 Å². The highest BCUT2D eigenvalue weighted by molar-refractivity contribution is 5.74. The maximum atomic E-state index is 13.2. The average molecular weight is 1110 g/mol. The molecule has 1 heterocycles. The van der Waals surface area contributed by atoms with E-state index < -0.39 is 67.3 Å². The molecule has 0 aliphatic carbocycles. The SMILES string of the molecule is CCCCC/C=C\C/C=C\CCCCCCCCCC(=O)OCC(COC1OC(C(=O)O)C(O)C(O)C1OC(=O)CCCCCCC/C=C\C/C=C\CCCCC)OC(=O)CCCCCCCCC/C=C\C/C=C\CCCCC. The van der Waals surface area contributed by atoms with E-state index in [1.807, 2.05) is 0 Å². The Labute approximate surface area is 480 Å². The predicted octanol–water partition coefficient (Wildman–Crippen LogP) is 16.9. The molecule has 0 saturated carbocycles. The maximum Gasteiger partial charge on any atom is 0.335 e. The van der Waals surface area contributed by atoms with Crippen LogP contribution in [-0.4, -0.2) is 89.2 Å². The van der Waals surface area contributed by atoms with Crippen LogP contribution in [0.3, 0.4) is 0 Å². The second-order valence-electron chi connectivity index (χ2n) is 21.7. The molecule has 6 atom stereocenters. The summed E-state index contributed by atoms with van der Waals surface area (Å²) in [5.74, 6) is -3.15. The molecule has 1 aliphatic heterocycles. The second kappa shape index (κ2) is 54.7. The molecule has 12 nitrogen and oxygen atoms in total. The molecule has 0 radical (unpaired) electrons. The number of hydrogen-bond acceptors (Lipinski definition) is 11. The van der Waals surface area contributed by atoms with Gasteiger partial charge < -0.3 is 39.0 Å². The lowest BCUT2D eigenvalue weighted by molar-refractivity contribution is -0.301. The van der Waals surface area contributed by atoms with E-state index in [2.05, 4.69) is 93.7 Å². The van der Waals surface area contributed by atoms with Crippen LogP contribution in [0.2, 0.25) is 0 Å². The minimum absolute atomic E-state index is 0.0415. The van der Waals surface area contributed by atoms with Gasteiger partial charge in [0.2, 0.25) is 0 Å². The molecular formula is C67H114O12. The summed E-state index contributed by atoms with van der Waals surface area (Å²) >= 11 is 0. The van der Waals surface area contributed by atoms with Crippen molar-refractivity contribution in [2.24, 2.45) is 0 Å². The van der Waals surface area contributed by atoms with Crippen molar-refractivity contribution >= 4 is 23.9 Å². The first-order valence-corrected chi connectivity index (χ1v) is 31.9. The Morgan fingerprint density at radius 1 is 0.418 bits per heavy atom. The smallest absolute Gasteiger partial charge is 0.335 e. The van der Waals surface area contributed by atoms with Gasteiger partial charge in [0.1, 0.15) is 18.8 Å². The standard InChI is InChI=1S/C67H114O12/c1-4-7-10-13-16-19-22-25-28-30-33-35-38-41-44-47-50-53-59(68)75-56-58(77-60(69)54-51-48-45-42-39-37-34-31-29-26-23-20-17-14-11-8-5-2)57-76-67-65(63(72)62(71)64(79-67)66(73)74)78-61(70)55-52-49-46-43-40-36-32-27-24-21-18-15-12-9-6-3/h16-21,25-29,32,58,62-65,67,71-72H,4-15,22-24,30-31,33-57H2,1-3H3,(H,73,74)/b19-16-,20-17-,21-18-,28-25-,29-26-,32-27-. The number of hydrogen-bond donors (Lipinski definition) is 3. The fraction of sp³-hybridized carbons (Fsp3) is 0.761. The summed E-state index contributed by atoms with van der Waals surface area (Å²) in [7, 11) is 0. The predicted molar refractivity (Wildman–Crippen MR) is 322 cm³/mol. The topological polar surface area (TPSA) is 175 Å². The van der Waals surface area contributed by atoms with Crippen molar-refractivity contribution in [3.8, 4) is 0 Å². The first kappa shape index (κ1) is 73.2. The minimum Gasteiger partial charge on any atom is -0.479 e. The van der Waals surface area contributed by atoms with Crippen LogP contribution >= 0.6 is 0 Å². The highest BCUT2D eigenvalue weighted by atomic mass is 16.7. The van der Waals surface area contributed by atoms with Gasteiger partial charge in [-0.25, -0.2) is 4.79 Å². The van der Waals surface area contributed by atoms with Crippen molar-refractivity contribution in [3.63, 3.8) is 0 Å². The summed E-state index contributed by atoms with van der Waals surface area (Å²) < 4.78 is 28.5. The number of carboxylic acids is 1. The van der Waals surface area contributed by atoms with Gasteiger partial charge in [-0.3, -0.25) is 14.4 Å². The lowest BCUT2D eigenvalue weighted by Gasteiger charge is -2.40. The number of aliphatic carboxylic acids is 1. The lowest BCUT2D eigenvalue weighted by Crippen LogP contribution is -2.61. The average Bonchev–Trinajstić information content (AvgIpc) is 3.46. The van der Waals surface area contributed by atoms with Gasteiger partial charge in [0.15, 0.2) is 24.6 Å². The summed E-state index contributed by atoms with van der Waals surface area (Å²) in [6.45, 7) is 5.92. The van der Waals surface area contributed by atoms with Crippen LogP contribution in [0.1, 0.15) is 278 Å². The molecule has 0 aromatic rings. The highest BCUT2D eigenvalue weighted by Gasteiger charge is 2.50. The monoisotopic (exact) mass is 1110 g/mol. The highest BCUT2D eigenvalue weighted by Crippen LogP contribution is 2.26. The van der Waals surface area contributed by atoms with Gasteiger partial charge >= 0.3 is 23.9 Å². The van der Waals surface area contributed by atoms with Gasteiger partial charge in [0, 0.05) is 19.3 Å². The molecule has 1 saturated heterocycles. The van der Waals surface area contributed by atoms with Gasteiger partial charge in [-0.1, -0.05) is 216 Å². The number of rotatable bonds is 54. The van der Waals surface area contributed by atoms with Crippen molar-refractivity contribution in [3.05, 3.63) is 72.9 Å². The Morgan fingerprint density at radius 2 is 0.759 bits per heavy atom. The van der Waals surface area contributed by atoms with Gasteiger partial charge in [-0.05, 0) is 116 Å². The van der Waals surface area contributed by atoms with E-state index in [-0.39, 0.29) is 25.9 Å². The number of esters is 3. The third-order valence-electron chi connectivity index (χ3n) is 14.2. The van der Waals surface area contributed by atoms with Crippen LogP contribution in [0.4, 0.5) is 0 Å². The zero-order valence-electron chi connectivity index (χ0n) is 50.1. The van der Waals surface area contributed by atoms with Gasteiger partial charge in [0.05, 0.1) is 6.61 Å². The van der Waals surface area contributed by atoms with E-state index in [9.17, 15) is 34.5 Å². The number of unbranched alkanes of at least 4 members (excludes halogenated alkanes) is 28. The van der Waals surface area contributed by atoms with Crippen LogP contribution in [0, 0.1) is 0 Å². The summed E-state index contributed by atoms with van der Waals surface area (Å²) in [6.07, 6.45) is 57.1. The largest absolute Gasteiger partial charge is 0.479 e. The molecule has 0 aromatic carbocycles. The molecule has 0 bridgehead atoms. The molecule has 12 heteroatoms. The van der Waals surface area contributed by atoms with Crippen LogP contribution in [0.25, 0.3) is 0 Å². The third kappa shape index (κ3) is 44.5. The molecule has 454 valence electrons. The molecule has 0 spiro atoms. The molecule has 0 aromatic heterocycles. The number of carbonyl (C=O) groups is 4. The number of aliphatic hydroxyl groups is 2. The Hall–Kier alpha value is -3.84. The normalized spacial score (nSPS) is 18.3. The van der Waals surface area contributed by atoms with E-state index in [0.29, 0.717) is 19.3 Å². The number of ether oxygens (including phenoxy) is 5. The Balaban J connectivity index is 2.69. The Bertz CT molecular complexity index is 1650. The first-order valence-electron chi connectivity index (χ1n) is 31.9. The van der Waals surface area contributed by atoms with Gasteiger partial charge in [-0.15, -0.1) is 0 Å². The Kier molecular flexibility index (Phi) is 50.7.